The highest BCUT2D eigenvalue weighted by Gasteiger charge is 2.51. The molecule has 69 heavy (non-hydrogen) atoms. The van der Waals surface area contributed by atoms with Crippen molar-refractivity contribution in [1.82, 2.24) is 5.32 Å². The SMILES string of the molecule is CNCc1cccc(-c2cc(O)cc3ccc(C4(C(=O)O[C@H]5C[C@H](c6ccc(O)c(OC)c6)C[C@]6(/C=C/c7ccccc7)Cc7cc(O)c(OC)cc7C[C@@H]6[C@H](OC(C)=O)C5)CCCCC4)cc23)c1. The number of methoxy groups -OCH3 is 2. The Balaban J connectivity index is 1.16. The molecule has 4 N–H and O–H groups in total. The van der Waals surface area contributed by atoms with Crippen LogP contribution in [-0.2, 0) is 43.9 Å². The third-order valence-corrected chi connectivity index (χ3v) is 15.2. The van der Waals surface area contributed by atoms with E-state index in [-0.39, 0.29) is 41.5 Å². The minimum atomic E-state index is -0.948. The molecule has 0 aliphatic heterocycles. The second kappa shape index (κ2) is 20.1. The minimum Gasteiger partial charge on any atom is -0.508 e. The number of rotatable bonds is 12. The molecule has 10 nitrogen and oxygen atoms in total. The van der Waals surface area contributed by atoms with E-state index >= 15 is 4.79 Å². The number of phenolic OH excluding ortho intramolecular Hbond substituents is 3. The van der Waals surface area contributed by atoms with Gasteiger partial charge in [0.15, 0.2) is 23.0 Å². The minimum absolute atomic E-state index is 0.0243. The van der Waals surface area contributed by atoms with Crippen LogP contribution in [0.25, 0.3) is 28.0 Å². The van der Waals surface area contributed by atoms with Crippen LogP contribution in [0.3, 0.4) is 0 Å². The summed E-state index contributed by atoms with van der Waals surface area (Å²) in [4.78, 5) is 28.9. The largest absolute Gasteiger partial charge is 0.508 e. The number of aromatic hydroxyl groups is 3. The van der Waals surface area contributed by atoms with Crippen LogP contribution < -0.4 is 14.8 Å². The van der Waals surface area contributed by atoms with Gasteiger partial charge >= 0.3 is 11.9 Å². The Hall–Kier alpha value is -6.78. The first-order chi connectivity index (χ1) is 33.4. The predicted octanol–water partition coefficient (Wildman–Crippen LogP) is 11.5. The fourth-order valence-electron chi connectivity index (χ4n) is 11.9. The Kier molecular flexibility index (Phi) is 13.7. The Labute approximate surface area is 404 Å². The maximum absolute atomic E-state index is 15.6. The van der Waals surface area contributed by atoms with E-state index in [2.05, 4.69) is 53.9 Å². The van der Waals surface area contributed by atoms with E-state index in [1.165, 1.54) is 21.1 Å². The summed E-state index contributed by atoms with van der Waals surface area (Å²) in [5.74, 6) is -0.248. The van der Waals surface area contributed by atoms with Crippen molar-refractivity contribution in [1.29, 1.82) is 0 Å². The first-order valence-corrected chi connectivity index (χ1v) is 24.3. The van der Waals surface area contributed by atoms with Crippen LogP contribution in [0.5, 0.6) is 28.7 Å². The highest BCUT2D eigenvalue weighted by Crippen LogP contribution is 2.55. The number of fused-ring (bicyclic) bond motifs is 3. The molecule has 2 fully saturated rings. The molecule has 3 aliphatic rings. The second-order valence-corrected chi connectivity index (χ2v) is 19.5. The smallest absolute Gasteiger partial charge is 0.316 e. The zero-order valence-electron chi connectivity index (χ0n) is 40.0. The summed E-state index contributed by atoms with van der Waals surface area (Å²) in [5, 5.41) is 37.9. The van der Waals surface area contributed by atoms with Crippen LogP contribution in [0.1, 0.15) is 97.6 Å². The zero-order valence-corrected chi connectivity index (χ0v) is 40.0. The number of carbonyl (C=O) groups excluding carboxylic acids is 2. The molecule has 0 saturated heterocycles. The number of hydrogen-bond acceptors (Lipinski definition) is 10. The van der Waals surface area contributed by atoms with E-state index in [0.29, 0.717) is 56.6 Å². The van der Waals surface area contributed by atoms with Crippen molar-refractivity contribution in [2.45, 2.75) is 101 Å². The summed E-state index contributed by atoms with van der Waals surface area (Å²) in [6.07, 6.45) is 9.31. The van der Waals surface area contributed by atoms with Gasteiger partial charge in [0.1, 0.15) is 18.0 Å². The fraction of sp³-hybridized carbons (Fsp3) is 0.356. The van der Waals surface area contributed by atoms with Crippen molar-refractivity contribution in [2.75, 3.05) is 21.3 Å². The molecule has 358 valence electrons. The van der Waals surface area contributed by atoms with Crippen molar-refractivity contribution < 1.29 is 43.9 Å². The van der Waals surface area contributed by atoms with Crippen LogP contribution in [0.15, 0.2) is 121 Å². The summed E-state index contributed by atoms with van der Waals surface area (Å²) >= 11 is 0. The van der Waals surface area contributed by atoms with E-state index in [0.717, 1.165) is 74.5 Å². The summed E-state index contributed by atoms with van der Waals surface area (Å²) in [6.45, 7) is 2.14. The lowest BCUT2D eigenvalue weighted by Crippen LogP contribution is -2.49. The van der Waals surface area contributed by atoms with Crippen LogP contribution >= 0.6 is 0 Å². The van der Waals surface area contributed by atoms with Crippen LogP contribution in [-0.4, -0.2) is 60.7 Å². The Morgan fingerprint density at radius 1 is 0.768 bits per heavy atom. The molecule has 2 saturated carbocycles. The van der Waals surface area contributed by atoms with Crippen molar-refractivity contribution in [3.8, 4) is 39.9 Å². The van der Waals surface area contributed by atoms with Gasteiger partial charge in [0.25, 0.3) is 0 Å². The number of esters is 2. The van der Waals surface area contributed by atoms with E-state index < -0.39 is 29.0 Å². The lowest BCUT2D eigenvalue weighted by atomic mass is 9.56. The van der Waals surface area contributed by atoms with Gasteiger partial charge in [0.2, 0.25) is 0 Å². The molecule has 10 heteroatoms. The van der Waals surface area contributed by atoms with Gasteiger partial charge in [-0.2, -0.15) is 0 Å². The molecule has 0 heterocycles. The number of ether oxygens (including phenoxy) is 4. The molecule has 3 aliphatic carbocycles. The maximum Gasteiger partial charge on any atom is 0.316 e. The van der Waals surface area contributed by atoms with E-state index in [9.17, 15) is 20.1 Å². The Morgan fingerprint density at radius 3 is 2.30 bits per heavy atom. The number of hydrogen-bond donors (Lipinski definition) is 4. The highest BCUT2D eigenvalue weighted by atomic mass is 16.6. The quantitative estimate of drug-likeness (QED) is 0.0876. The summed E-state index contributed by atoms with van der Waals surface area (Å²) in [7, 11) is 4.99. The van der Waals surface area contributed by atoms with Gasteiger partial charge in [-0.05, 0) is 161 Å². The van der Waals surface area contributed by atoms with Crippen LogP contribution in [0.4, 0.5) is 0 Å². The molecule has 0 spiro atoms. The number of carbonyl (C=O) groups is 2. The van der Waals surface area contributed by atoms with Crippen molar-refractivity contribution in [2.24, 2.45) is 11.3 Å². The van der Waals surface area contributed by atoms with Gasteiger partial charge in [0, 0.05) is 25.8 Å². The molecular weight excluding hydrogens is 867 g/mol. The average Bonchev–Trinajstić information content (AvgIpc) is 3.35. The van der Waals surface area contributed by atoms with Gasteiger partial charge in [0.05, 0.1) is 19.6 Å². The summed E-state index contributed by atoms with van der Waals surface area (Å²) in [6, 6.07) is 37.3. The van der Waals surface area contributed by atoms with Crippen LogP contribution in [0.2, 0.25) is 0 Å². The number of benzene rings is 6. The van der Waals surface area contributed by atoms with E-state index in [1.807, 2.05) is 61.6 Å². The van der Waals surface area contributed by atoms with Crippen molar-refractivity contribution in [3.05, 3.63) is 155 Å². The van der Waals surface area contributed by atoms with E-state index in [1.54, 1.807) is 24.3 Å². The van der Waals surface area contributed by atoms with Crippen molar-refractivity contribution >= 4 is 28.8 Å². The highest BCUT2D eigenvalue weighted by molar-refractivity contribution is 5.99. The normalized spacial score (nSPS) is 22.1. The monoisotopic (exact) mass is 929 g/mol. The van der Waals surface area contributed by atoms with Gasteiger partial charge in [-0.1, -0.05) is 98.1 Å². The van der Waals surface area contributed by atoms with Gasteiger partial charge in [-0.3, -0.25) is 9.59 Å². The predicted molar refractivity (Wildman–Crippen MR) is 269 cm³/mol. The van der Waals surface area contributed by atoms with Gasteiger partial charge in [-0.15, -0.1) is 0 Å². The van der Waals surface area contributed by atoms with E-state index in [4.69, 9.17) is 18.9 Å². The molecule has 6 aromatic carbocycles. The number of phenols is 3. The molecule has 9 rings (SSSR count). The third kappa shape index (κ3) is 9.77. The maximum atomic E-state index is 15.6. The molecule has 0 bridgehead atoms. The van der Waals surface area contributed by atoms with Gasteiger partial charge < -0.3 is 39.6 Å². The lowest BCUT2D eigenvalue weighted by Gasteiger charge is -2.50. The lowest BCUT2D eigenvalue weighted by molar-refractivity contribution is -0.166. The van der Waals surface area contributed by atoms with Crippen LogP contribution in [0, 0.1) is 11.3 Å². The fourth-order valence-corrected chi connectivity index (χ4v) is 11.9. The molecule has 0 radical (unpaired) electrons. The summed E-state index contributed by atoms with van der Waals surface area (Å²) in [5.41, 5.74) is 6.19. The molecule has 0 aromatic heterocycles. The number of nitrogens with one attached hydrogen (secondary N) is 1. The zero-order chi connectivity index (χ0) is 48.3. The first kappa shape index (κ1) is 47.3. The molecule has 6 aromatic rings. The third-order valence-electron chi connectivity index (χ3n) is 15.2. The Morgan fingerprint density at radius 2 is 1.55 bits per heavy atom. The molecule has 0 unspecified atom stereocenters. The number of allylic oxidation sites excluding steroid dienone is 1. The van der Waals surface area contributed by atoms with Crippen molar-refractivity contribution in [3.63, 3.8) is 0 Å². The summed E-state index contributed by atoms with van der Waals surface area (Å²) < 4.78 is 24.7. The first-order valence-electron chi connectivity index (χ1n) is 24.3. The topological polar surface area (TPSA) is 144 Å². The molecule has 0 amide bonds. The average molecular weight is 930 g/mol. The molecular formula is C59H63NO9. The Bertz CT molecular complexity index is 2870. The van der Waals surface area contributed by atoms with Gasteiger partial charge in [-0.25, -0.2) is 0 Å². The molecule has 5 atom stereocenters. The second-order valence-electron chi connectivity index (χ2n) is 19.5. The standard InChI is InChI=1S/C59H63NO9/c1-37(61)68-54-33-48(69-57(65)59(21-9-6-10-22-59)46-18-16-42-25-47(62)32-50(49(42)31-46)41-15-11-14-39(24-41)36-60-2)26-44(40-17-19-52(63)55(29-40)66-3)34-58(23-20-38-12-7-5-8-13-38)35-45-28-53(64)56(67-4)30-43(45)27-51(54)58/h5,7-8,11-20,23-25,28-32,44,48,51,54,60,62-64H,6,9-10,21-22,26-27,33-36H2,1-4H3/b23-20+/t44-,48-,51+,54+,58+/m0/s1.